The van der Waals surface area contributed by atoms with E-state index in [0.29, 0.717) is 0 Å². The molecule has 15 heavy (non-hydrogen) atoms. The maximum absolute atomic E-state index is 5.21. The van der Waals surface area contributed by atoms with Crippen LogP contribution in [0.3, 0.4) is 0 Å². The van der Waals surface area contributed by atoms with E-state index in [1.54, 1.807) is 7.11 Å². The number of allylic oxidation sites excluding steroid dienone is 4. The summed E-state index contributed by atoms with van der Waals surface area (Å²) in [5.74, 6) is 1.07. The van der Waals surface area contributed by atoms with Gasteiger partial charge in [-0.15, -0.1) is 0 Å². The lowest BCUT2D eigenvalue weighted by Crippen LogP contribution is -1.95. The van der Waals surface area contributed by atoms with Crippen molar-refractivity contribution in [3.8, 4) is 0 Å². The molecule has 0 atom stereocenters. The van der Waals surface area contributed by atoms with E-state index < -0.39 is 0 Å². The molecular formula is C14H16O. The van der Waals surface area contributed by atoms with Gasteiger partial charge < -0.3 is 4.74 Å². The summed E-state index contributed by atoms with van der Waals surface area (Å²) in [6.07, 6.45) is 6.31. The van der Waals surface area contributed by atoms with Crippen molar-refractivity contribution in [2.45, 2.75) is 19.8 Å². The molecule has 0 N–H and O–H groups in total. The first kappa shape index (κ1) is 10.0. The second-order valence-corrected chi connectivity index (χ2v) is 3.90. The van der Waals surface area contributed by atoms with Crippen molar-refractivity contribution < 1.29 is 4.74 Å². The van der Waals surface area contributed by atoms with Gasteiger partial charge in [-0.3, -0.25) is 0 Å². The third kappa shape index (κ3) is 2.30. The van der Waals surface area contributed by atoms with E-state index in [0.717, 1.165) is 18.6 Å². The van der Waals surface area contributed by atoms with Gasteiger partial charge in [-0.2, -0.15) is 0 Å². The van der Waals surface area contributed by atoms with Gasteiger partial charge in [0.1, 0.15) is 0 Å². The third-order valence-electron chi connectivity index (χ3n) is 2.80. The quantitative estimate of drug-likeness (QED) is 0.707. The number of rotatable bonds is 2. The lowest BCUT2D eigenvalue weighted by molar-refractivity contribution is 0.277. The Hall–Kier alpha value is -1.50. The fraction of sp³-hybridized carbons (Fsp3) is 0.286. The third-order valence-corrected chi connectivity index (χ3v) is 2.80. The van der Waals surface area contributed by atoms with Crippen LogP contribution in [0.15, 0.2) is 42.2 Å². The standard InChI is InChI=1S/C14H16O/c1-11-3-5-12(6-4-11)13-7-9-14(15-2)10-8-13/h3-7,9H,8,10H2,1-2H3. The first-order chi connectivity index (χ1) is 7.29. The molecule has 1 aliphatic carbocycles. The van der Waals surface area contributed by atoms with E-state index in [2.05, 4.69) is 43.3 Å². The molecule has 0 saturated carbocycles. The highest BCUT2D eigenvalue weighted by Crippen LogP contribution is 2.26. The van der Waals surface area contributed by atoms with Gasteiger partial charge in [-0.25, -0.2) is 0 Å². The van der Waals surface area contributed by atoms with Gasteiger partial charge >= 0.3 is 0 Å². The van der Waals surface area contributed by atoms with Crippen LogP contribution in [0.1, 0.15) is 24.0 Å². The molecule has 0 fully saturated rings. The maximum atomic E-state index is 5.21. The second kappa shape index (κ2) is 4.35. The maximum Gasteiger partial charge on any atom is 0.0958 e. The van der Waals surface area contributed by atoms with Crippen LogP contribution in [0.5, 0.6) is 0 Å². The van der Waals surface area contributed by atoms with E-state index in [-0.39, 0.29) is 0 Å². The zero-order valence-electron chi connectivity index (χ0n) is 9.29. The summed E-state index contributed by atoms with van der Waals surface area (Å²) in [6, 6.07) is 8.69. The van der Waals surface area contributed by atoms with Gasteiger partial charge in [0.05, 0.1) is 12.9 Å². The van der Waals surface area contributed by atoms with Crippen LogP contribution in [0.4, 0.5) is 0 Å². The lowest BCUT2D eigenvalue weighted by Gasteiger charge is -2.14. The molecule has 1 nitrogen and oxygen atoms in total. The zero-order chi connectivity index (χ0) is 10.7. The summed E-state index contributed by atoms with van der Waals surface area (Å²) >= 11 is 0. The topological polar surface area (TPSA) is 9.23 Å². The van der Waals surface area contributed by atoms with E-state index in [1.165, 1.54) is 16.7 Å². The van der Waals surface area contributed by atoms with Crippen molar-refractivity contribution in [1.29, 1.82) is 0 Å². The highest BCUT2D eigenvalue weighted by atomic mass is 16.5. The Morgan fingerprint density at radius 2 is 1.73 bits per heavy atom. The number of aryl methyl sites for hydroxylation is 1. The van der Waals surface area contributed by atoms with E-state index in [1.807, 2.05) is 0 Å². The number of methoxy groups -OCH3 is 1. The van der Waals surface area contributed by atoms with Gasteiger partial charge in [-0.1, -0.05) is 35.9 Å². The Balaban J connectivity index is 2.22. The lowest BCUT2D eigenvalue weighted by atomic mass is 9.96. The van der Waals surface area contributed by atoms with Gasteiger partial charge in [0.15, 0.2) is 0 Å². The monoisotopic (exact) mass is 200 g/mol. The minimum atomic E-state index is 1.01. The molecule has 0 heterocycles. The first-order valence-corrected chi connectivity index (χ1v) is 5.30. The molecule has 0 aliphatic heterocycles. The molecule has 0 bridgehead atoms. The Morgan fingerprint density at radius 1 is 1.00 bits per heavy atom. The SMILES string of the molecule is COC1=CC=C(c2ccc(C)cc2)CC1. The highest BCUT2D eigenvalue weighted by Gasteiger charge is 2.07. The van der Waals surface area contributed by atoms with Crippen molar-refractivity contribution in [1.82, 2.24) is 0 Å². The highest BCUT2D eigenvalue weighted by molar-refractivity contribution is 5.68. The molecule has 2 rings (SSSR count). The summed E-state index contributed by atoms with van der Waals surface area (Å²) in [6.45, 7) is 2.11. The van der Waals surface area contributed by atoms with E-state index in [9.17, 15) is 0 Å². The summed E-state index contributed by atoms with van der Waals surface area (Å²) in [7, 11) is 1.73. The van der Waals surface area contributed by atoms with Crippen LogP contribution in [0, 0.1) is 6.92 Å². The van der Waals surface area contributed by atoms with Crippen LogP contribution >= 0.6 is 0 Å². The molecular weight excluding hydrogens is 184 g/mol. The smallest absolute Gasteiger partial charge is 0.0958 e. The fourth-order valence-electron chi connectivity index (χ4n) is 1.80. The van der Waals surface area contributed by atoms with Crippen molar-refractivity contribution in [3.05, 3.63) is 53.3 Å². The molecule has 1 aromatic rings. The Labute approximate surface area is 91.1 Å². The fourth-order valence-corrected chi connectivity index (χ4v) is 1.80. The van der Waals surface area contributed by atoms with E-state index >= 15 is 0 Å². The normalized spacial score (nSPS) is 15.6. The van der Waals surface area contributed by atoms with Crippen molar-refractivity contribution in [2.24, 2.45) is 0 Å². The molecule has 1 heteroatoms. The Bertz CT molecular complexity index is 396. The number of ether oxygens (including phenoxy) is 1. The van der Waals surface area contributed by atoms with Crippen molar-refractivity contribution >= 4 is 5.57 Å². The molecule has 0 radical (unpaired) electrons. The molecule has 0 unspecified atom stereocenters. The van der Waals surface area contributed by atoms with Gasteiger partial charge in [0, 0.05) is 6.42 Å². The minimum Gasteiger partial charge on any atom is -0.501 e. The van der Waals surface area contributed by atoms with Gasteiger partial charge in [-0.05, 0) is 30.6 Å². The summed E-state index contributed by atoms with van der Waals surface area (Å²) in [5, 5.41) is 0. The zero-order valence-corrected chi connectivity index (χ0v) is 9.29. The molecule has 0 aromatic heterocycles. The van der Waals surface area contributed by atoms with Crippen molar-refractivity contribution in [3.63, 3.8) is 0 Å². The van der Waals surface area contributed by atoms with E-state index in [4.69, 9.17) is 4.74 Å². The van der Waals surface area contributed by atoms with Gasteiger partial charge in [0.2, 0.25) is 0 Å². The van der Waals surface area contributed by atoms with Crippen LogP contribution in [0.25, 0.3) is 5.57 Å². The minimum absolute atomic E-state index is 1.01. The Kier molecular flexibility index (Phi) is 2.91. The molecule has 0 spiro atoms. The molecule has 0 amide bonds. The van der Waals surface area contributed by atoms with Crippen LogP contribution in [0.2, 0.25) is 0 Å². The van der Waals surface area contributed by atoms with Crippen molar-refractivity contribution in [2.75, 3.05) is 7.11 Å². The average molecular weight is 200 g/mol. The van der Waals surface area contributed by atoms with Gasteiger partial charge in [0.25, 0.3) is 0 Å². The predicted molar refractivity (Wildman–Crippen MR) is 63.5 cm³/mol. The van der Waals surface area contributed by atoms with Crippen LogP contribution in [-0.4, -0.2) is 7.11 Å². The largest absolute Gasteiger partial charge is 0.501 e. The number of hydrogen-bond acceptors (Lipinski definition) is 1. The number of hydrogen-bond donors (Lipinski definition) is 0. The molecule has 1 aromatic carbocycles. The average Bonchev–Trinajstić information content (AvgIpc) is 2.30. The molecule has 78 valence electrons. The molecule has 1 aliphatic rings. The van der Waals surface area contributed by atoms with Crippen LogP contribution < -0.4 is 0 Å². The number of benzene rings is 1. The van der Waals surface area contributed by atoms with Crippen LogP contribution in [-0.2, 0) is 4.74 Å². The first-order valence-electron chi connectivity index (χ1n) is 5.30. The molecule has 0 saturated heterocycles. The predicted octanol–water partition coefficient (Wildman–Crippen LogP) is 3.70. The summed E-state index contributed by atoms with van der Waals surface area (Å²) in [5.41, 5.74) is 4.03. The second-order valence-electron chi connectivity index (χ2n) is 3.90. The summed E-state index contributed by atoms with van der Waals surface area (Å²) < 4.78 is 5.21. The summed E-state index contributed by atoms with van der Waals surface area (Å²) in [4.78, 5) is 0. The Morgan fingerprint density at radius 3 is 2.27 bits per heavy atom.